The molecule has 0 spiro atoms. The maximum absolute atomic E-state index is 5.12. The Labute approximate surface area is 118 Å². The lowest BCUT2D eigenvalue weighted by Gasteiger charge is -1.95. The zero-order valence-electron chi connectivity index (χ0n) is 11.1. The number of nitrogens with two attached hydrogens (primary N) is 2. The van der Waals surface area contributed by atoms with Gasteiger partial charge in [0.2, 0.25) is 0 Å². The van der Waals surface area contributed by atoms with Crippen molar-refractivity contribution in [3.8, 4) is 0 Å². The number of hydrazone groups is 1. The molecule has 0 radical (unpaired) electrons. The zero-order valence-corrected chi connectivity index (χ0v) is 11.1. The van der Waals surface area contributed by atoms with E-state index in [1.54, 1.807) is 0 Å². The highest BCUT2D eigenvalue weighted by Gasteiger charge is 1.82. The van der Waals surface area contributed by atoms with Crippen LogP contribution in [-0.4, -0.2) is 13.0 Å². The molecule has 2 rings (SSSR count). The molecule has 0 saturated heterocycles. The highest BCUT2D eigenvalue weighted by molar-refractivity contribution is 5.54. The summed E-state index contributed by atoms with van der Waals surface area (Å²) in [5, 5.41) is 11.1. The monoisotopic (exact) mass is 270 g/mol. The molecule has 0 aliphatic carbocycles. The molecule has 0 saturated carbocycles. The van der Waals surface area contributed by atoms with Gasteiger partial charge in [-0.25, -0.2) is 0 Å². The number of anilines is 1. The van der Waals surface area contributed by atoms with Gasteiger partial charge in [-0.3, -0.25) is 5.43 Å². The van der Waals surface area contributed by atoms with Crippen LogP contribution in [0.3, 0.4) is 0 Å². The van der Waals surface area contributed by atoms with E-state index in [9.17, 15) is 0 Å². The molecule has 0 aromatic heterocycles. The Bertz CT molecular complexity index is 510. The van der Waals surface area contributed by atoms with Crippen molar-refractivity contribution in [2.24, 2.45) is 26.8 Å². The molecule has 0 aliphatic heterocycles. The molecule has 0 amide bonds. The minimum atomic E-state index is 0.245. The third-order valence-electron chi connectivity index (χ3n) is 2.07. The summed E-state index contributed by atoms with van der Waals surface area (Å²) in [5.41, 5.74) is 14.7. The number of hydrogen-bond acceptors (Lipinski definition) is 5. The predicted molar refractivity (Wildman–Crippen MR) is 82.8 cm³/mol. The van der Waals surface area contributed by atoms with Crippen LogP contribution in [-0.2, 0) is 0 Å². The van der Waals surface area contributed by atoms with E-state index >= 15 is 0 Å². The number of hydrogen-bond donors (Lipinski definition) is 3. The van der Waals surface area contributed by atoms with Crippen molar-refractivity contribution in [2.75, 3.05) is 12.1 Å². The standard InChI is InChI=1S/2C7H9N3/c2*8-6-9-10-7-4-2-1-3-5-7/h1-5H,6,8H2;1-6,10H,(H2,8,9). The fourth-order valence-corrected chi connectivity index (χ4v) is 1.24. The van der Waals surface area contributed by atoms with E-state index < -0.39 is 0 Å². The summed E-state index contributed by atoms with van der Waals surface area (Å²) in [6.45, 7) is 0.245. The SMILES string of the molecule is N/C=N/Nc1ccccc1.NCN=Nc1ccccc1. The van der Waals surface area contributed by atoms with E-state index in [1.165, 1.54) is 6.34 Å². The molecule has 0 fully saturated rings. The van der Waals surface area contributed by atoms with E-state index in [1.807, 2.05) is 60.7 Å². The molecule has 0 aliphatic rings. The van der Waals surface area contributed by atoms with Gasteiger partial charge in [-0.05, 0) is 24.3 Å². The second-order valence-corrected chi connectivity index (χ2v) is 3.52. The van der Waals surface area contributed by atoms with Crippen LogP contribution < -0.4 is 16.9 Å². The molecule has 6 nitrogen and oxygen atoms in total. The molecule has 0 heterocycles. The summed E-state index contributed by atoms with van der Waals surface area (Å²) >= 11 is 0. The van der Waals surface area contributed by atoms with Crippen molar-refractivity contribution in [1.82, 2.24) is 0 Å². The van der Waals surface area contributed by atoms with Gasteiger partial charge < -0.3 is 11.5 Å². The average Bonchev–Trinajstić information content (AvgIpc) is 2.53. The maximum Gasteiger partial charge on any atom is 0.108 e. The van der Waals surface area contributed by atoms with Crippen LogP contribution in [0, 0.1) is 0 Å². The maximum atomic E-state index is 5.12. The van der Waals surface area contributed by atoms with Crippen LogP contribution in [0.1, 0.15) is 0 Å². The fraction of sp³-hybridized carbons (Fsp3) is 0.0714. The lowest BCUT2D eigenvalue weighted by Crippen LogP contribution is -1.94. The van der Waals surface area contributed by atoms with Gasteiger partial charge in [0.15, 0.2) is 0 Å². The van der Waals surface area contributed by atoms with Gasteiger partial charge in [-0.2, -0.15) is 15.3 Å². The van der Waals surface area contributed by atoms with Crippen molar-refractivity contribution < 1.29 is 0 Å². The van der Waals surface area contributed by atoms with Crippen molar-refractivity contribution >= 4 is 17.7 Å². The van der Waals surface area contributed by atoms with E-state index in [0.29, 0.717) is 0 Å². The first-order chi connectivity index (χ1) is 9.86. The van der Waals surface area contributed by atoms with Gasteiger partial charge in [0.05, 0.1) is 11.4 Å². The second-order valence-electron chi connectivity index (χ2n) is 3.52. The molecule has 104 valence electrons. The molecule has 0 unspecified atom stereocenters. The van der Waals surface area contributed by atoms with Gasteiger partial charge in [0.25, 0.3) is 0 Å². The van der Waals surface area contributed by atoms with Crippen LogP contribution in [0.4, 0.5) is 11.4 Å². The van der Waals surface area contributed by atoms with Crippen LogP contribution in [0.25, 0.3) is 0 Å². The van der Waals surface area contributed by atoms with E-state index in [4.69, 9.17) is 11.5 Å². The summed E-state index contributed by atoms with van der Waals surface area (Å²) in [7, 11) is 0. The molecular formula is C14H18N6. The first kappa shape index (κ1) is 15.3. The Kier molecular flexibility index (Phi) is 7.83. The third kappa shape index (κ3) is 6.87. The van der Waals surface area contributed by atoms with E-state index in [0.717, 1.165) is 11.4 Å². The lowest BCUT2D eigenvalue weighted by atomic mass is 10.3. The molecule has 0 atom stereocenters. The summed E-state index contributed by atoms with van der Waals surface area (Å²) in [5.74, 6) is 0. The Morgan fingerprint density at radius 1 is 0.950 bits per heavy atom. The predicted octanol–water partition coefficient (Wildman–Crippen LogP) is 2.69. The van der Waals surface area contributed by atoms with Crippen LogP contribution in [0.2, 0.25) is 0 Å². The Morgan fingerprint density at radius 3 is 2.10 bits per heavy atom. The highest BCUT2D eigenvalue weighted by Crippen LogP contribution is 2.09. The number of benzene rings is 2. The van der Waals surface area contributed by atoms with Gasteiger partial charge in [-0.15, -0.1) is 0 Å². The number of rotatable bonds is 4. The van der Waals surface area contributed by atoms with Crippen LogP contribution in [0.15, 0.2) is 76.0 Å². The first-order valence-electron chi connectivity index (χ1n) is 6.03. The zero-order chi connectivity index (χ0) is 14.5. The summed E-state index contributed by atoms with van der Waals surface area (Å²) in [6, 6.07) is 19.1. The molecular weight excluding hydrogens is 252 g/mol. The second kappa shape index (κ2) is 10.2. The van der Waals surface area contributed by atoms with E-state index in [-0.39, 0.29) is 6.67 Å². The molecule has 2 aromatic rings. The van der Waals surface area contributed by atoms with Gasteiger partial charge in [-0.1, -0.05) is 36.4 Å². The summed E-state index contributed by atoms with van der Waals surface area (Å²) in [6.07, 6.45) is 1.22. The Morgan fingerprint density at radius 2 is 1.55 bits per heavy atom. The first-order valence-corrected chi connectivity index (χ1v) is 6.03. The van der Waals surface area contributed by atoms with Crippen molar-refractivity contribution in [2.45, 2.75) is 0 Å². The van der Waals surface area contributed by atoms with E-state index in [2.05, 4.69) is 20.8 Å². The number of nitrogens with one attached hydrogen (secondary N) is 1. The molecule has 6 heteroatoms. The highest BCUT2D eigenvalue weighted by atomic mass is 15.3. The summed E-state index contributed by atoms with van der Waals surface area (Å²) < 4.78 is 0. The number of azo groups is 1. The van der Waals surface area contributed by atoms with Gasteiger partial charge in [0, 0.05) is 0 Å². The minimum absolute atomic E-state index is 0.245. The summed E-state index contributed by atoms with van der Waals surface area (Å²) in [4.78, 5) is 0. The Hall–Kier alpha value is -2.73. The minimum Gasteiger partial charge on any atom is -0.388 e. The quantitative estimate of drug-likeness (QED) is 0.344. The number of para-hydroxylation sites is 1. The average molecular weight is 270 g/mol. The Balaban J connectivity index is 0.000000200. The smallest absolute Gasteiger partial charge is 0.108 e. The van der Waals surface area contributed by atoms with Crippen molar-refractivity contribution in [3.05, 3.63) is 60.7 Å². The molecule has 2 aromatic carbocycles. The van der Waals surface area contributed by atoms with Crippen molar-refractivity contribution in [1.29, 1.82) is 0 Å². The lowest BCUT2D eigenvalue weighted by molar-refractivity contribution is 0.967. The fourth-order valence-electron chi connectivity index (χ4n) is 1.24. The largest absolute Gasteiger partial charge is 0.388 e. The molecule has 20 heavy (non-hydrogen) atoms. The van der Waals surface area contributed by atoms with Gasteiger partial charge >= 0.3 is 0 Å². The topological polar surface area (TPSA) is 101 Å². The molecule has 0 bridgehead atoms. The molecule has 5 N–H and O–H groups in total. The van der Waals surface area contributed by atoms with Gasteiger partial charge in [0.1, 0.15) is 13.0 Å². The third-order valence-corrected chi connectivity index (χ3v) is 2.07. The normalized spacial score (nSPS) is 10.2. The van der Waals surface area contributed by atoms with Crippen LogP contribution in [0.5, 0.6) is 0 Å². The number of nitrogens with zero attached hydrogens (tertiary/aromatic N) is 3. The van der Waals surface area contributed by atoms with Crippen molar-refractivity contribution in [3.63, 3.8) is 0 Å². The van der Waals surface area contributed by atoms with Crippen LogP contribution >= 0.6 is 0 Å².